The van der Waals surface area contributed by atoms with Crippen LogP contribution in [0.15, 0.2) is 29.2 Å². The van der Waals surface area contributed by atoms with Crippen molar-refractivity contribution in [1.82, 2.24) is 4.72 Å². The Morgan fingerprint density at radius 3 is 2.52 bits per heavy atom. The van der Waals surface area contributed by atoms with E-state index >= 15 is 0 Å². The summed E-state index contributed by atoms with van der Waals surface area (Å²) in [5, 5.41) is 0. The maximum atomic E-state index is 12.1. The molecule has 21 heavy (non-hydrogen) atoms. The number of hydrogen-bond donors (Lipinski definition) is 2. The van der Waals surface area contributed by atoms with Gasteiger partial charge in [-0.25, -0.2) is 13.1 Å². The minimum absolute atomic E-state index is 0.248. The highest BCUT2D eigenvalue weighted by Gasteiger charge is 2.12. The summed E-state index contributed by atoms with van der Waals surface area (Å²) in [5.41, 5.74) is 6.04. The third-order valence-electron chi connectivity index (χ3n) is 2.82. The van der Waals surface area contributed by atoms with Gasteiger partial charge in [0.05, 0.1) is 11.4 Å². The van der Waals surface area contributed by atoms with Crippen LogP contribution in [0.1, 0.15) is 24.8 Å². The standard InChI is InChI=1S/C15H22N2O3S/c1-20-13-4-2-3-12-17-21(18,19)15-9-7-14(8-10-15)6-5-11-16/h7-10,17H,2-4,11-13,16H2,1H3. The van der Waals surface area contributed by atoms with E-state index in [4.69, 9.17) is 10.5 Å². The summed E-state index contributed by atoms with van der Waals surface area (Å²) < 4.78 is 31.6. The zero-order valence-electron chi connectivity index (χ0n) is 12.3. The number of nitrogens with one attached hydrogen (secondary N) is 1. The van der Waals surface area contributed by atoms with E-state index in [0.29, 0.717) is 13.2 Å². The van der Waals surface area contributed by atoms with Crippen LogP contribution in [-0.4, -0.2) is 35.2 Å². The highest BCUT2D eigenvalue weighted by atomic mass is 32.2. The lowest BCUT2D eigenvalue weighted by Gasteiger charge is -2.06. The van der Waals surface area contributed by atoms with Crippen molar-refractivity contribution in [3.05, 3.63) is 29.8 Å². The van der Waals surface area contributed by atoms with Gasteiger partial charge in [0.2, 0.25) is 10.0 Å². The minimum Gasteiger partial charge on any atom is -0.385 e. The van der Waals surface area contributed by atoms with E-state index in [1.54, 1.807) is 31.4 Å². The van der Waals surface area contributed by atoms with E-state index in [1.165, 1.54) is 0 Å². The molecule has 1 aromatic carbocycles. The van der Waals surface area contributed by atoms with Crippen LogP contribution in [0.5, 0.6) is 0 Å². The Bertz CT molecular complexity index is 571. The minimum atomic E-state index is -3.44. The van der Waals surface area contributed by atoms with E-state index in [2.05, 4.69) is 16.6 Å². The molecule has 0 aliphatic heterocycles. The Morgan fingerprint density at radius 2 is 1.90 bits per heavy atom. The summed E-state index contributed by atoms with van der Waals surface area (Å²) in [5.74, 6) is 5.58. The molecule has 0 radical (unpaired) electrons. The Balaban J connectivity index is 2.50. The maximum Gasteiger partial charge on any atom is 0.240 e. The van der Waals surface area contributed by atoms with Crippen molar-refractivity contribution in [2.75, 3.05) is 26.8 Å². The molecule has 0 aromatic heterocycles. The lowest BCUT2D eigenvalue weighted by atomic mass is 10.2. The van der Waals surface area contributed by atoms with Gasteiger partial charge in [0.15, 0.2) is 0 Å². The second kappa shape index (κ2) is 9.53. The Morgan fingerprint density at radius 1 is 1.19 bits per heavy atom. The Kier molecular flexibility index (Phi) is 8.01. The summed E-state index contributed by atoms with van der Waals surface area (Å²) in [6.45, 7) is 1.42. The normalized spacial score (nSPS) is 11.0. The maximum absolute atomic E-state index is 12.1. The number of unbranched alkanes of at least 4 members (excludes halogenated alkanes) is 2. The van der Waals surface area contributed by atoms with Gasteiger partial charge >= 0.3 is 0 Å². The van der Waals surface area contributed by atoms with Crippen LogP contribution in [-0.2, 0) is 14.8 Å². The molecule has 5 nitrogen and oxygen atoms in total. The zero-order chi connectivity index (χ0) is 15.6. The summed E-state index contributed by atoms with van der Waals surface area (Å²) in [6, 6.07) is 6.45. The van der Waals surface area contributed by atoms with Crippen LogP contribution in [0, 0.1) is 11.8 Å². The predicted octanol–water partition coefficient (Wildman–Crippen LogP) is 1.09. The van der Waals surface area contributed by atoms with Crippen molar-refractivity contribution >= 4 is 10.0 Å². The number of sulfonamides is 1. The molecule has 0 spiro atoms. The average molecular weight is 310 g/mol. The molecular weight excluding hydrogens is 288 g/mol. The van der Waals surface area contributed by atoms with Crippen molar-refractivity contribution in [1.29, 1.82) is 0 Å². The second-order valence-electron chi connectivity index (χ2n) is 4.48. The average Bonchev–Trinajstić information content (AvgIpc) is 2.49. The monoisotopic (exact) mass is 310 g/mol. The number of benzene rings is 1. The highest BCUT2D eigenvalue weighted by molar-refractivity contribution is 7.89. The molecule has 0 saturated heterocycles. The molecule has 0 saturated carbocycles. The second-order valence-corrected chi connectivity index (χ2v) is 6.25. The van der Waals surface area contributed by atoms with Gasteiger partial charge in [-0.2, -0.15) is 0 Å². The van der Waals surface area contributed by atoms with Crippen LogP contribution < -0.4 is 10.5 Å². The molecular formula is C15H22N2O3S. The topological polar surface area (TPSA) is 81.4 Å². The first kappa shape index (κ1) is 17.7. The van der Waals surface area contributed by atoms with Crippen LogP contribution in [0.2, 0.25) is 0 Å². The van der Waals surface area contributed by atoms with Gasteiger partial charge in [0.1, 0.15) is 0 Å². The largest absolute Gasteiger partial charge is 0.385 e. The highest BCUT2D eigenvalue weighted by Crippen LogP contribution is 2.10. The van der Waals surface area contributed by atoms with Crippen LogP contribution in [0.4, 0.5) is 0 Å². The Hall–Kier alpha value is -1.39. The fourth-order valence-corrected chi connectivity index (χ4v) is 2.78. The van der Waals surface area contributed by atoms with Crippen molar-refractivity contribution in [3.63, 3.8) is 0 Å². The van der Waals surface area contributed by atoms with Gasteiger partial charge in [-0.1, -0.05) is 11.8 Å². The third-order valence-corrected chi connectivity index (χ3v) is 4.29. The van der Waals surface area contributed by atoms with Gasteiger partial charge in [-0.15, -0.1) is 0 Å². The van der Waals surface area contributed by atoms with E-state index in [-0.39, 0.29) is 11.4 Å². The quantitative estimate of drug-likeness (QED) is 0.556. The molecule has 0 aliphatic rings. The van der Waals surface area contributed by atoms with Gasteiger partial charge in [0, 0.05) is 25.8 Å². The first-order valence-electron chi connectivity index (χ1n) is 6.88. The van der Waals surface area contributed by atoms with Crippen molar-refractivity contribution in [3.8, 4) is 11.8 Å². The zero-order valence-corrected chi connectivity index (χ0v) is 13.1. The molecule has 0 unspecified atom stereocenters. The van der Waals surface area contributed by atoms with Gasteiger partial charge in [-0.3, -0.25) is 0 Å². The Labute approximate surface area is 126 Å². The molecule has 116 valence electrons. The number of hydrogen-bond acceptors (Lipinski definition) is 4. The molecule has 0 bridgehead atoms. The van der Waals surface area contributed by atoms with Crippen LogP contribution in [0.25, 0.3) is 0 Å². The molecule has 0 heterocycles. The SMILES string of the molecule is COCCCCCNS(=O)(=O)c1ccc(C#CCN)cc1. The fourth-order valence-electron chi connectivity index (χ4n) is 1.71. The van der Waals surface area contributed by atoms with E-state index in [0.717, 1.165) is 24.8 Å². The molecule has 1 rings (SSSR count). The number of nitrogens with two attached hydrogens (primary N) is 1. The lowest BCUT2D eigenvalue weighted by Crippen LogP contribution is -2.24. The molecule has 0 aliphatic carbocycles. The third kappa shape index (κ3) is 6.74. The summed E-state index contributed by atoms with van der Waals surface area (Å²) in [4.78, 5) is 0.248. The number of rotatable bonds is 8. The smallest absolute Gasteiger partial charge is 0.240 e. The summed E-state index contributed by atoms with van der Waals surface area (Å²) in [7, 11) is -1.79. The van der Waals surface area contributed by atoms with E-state index in [1.807, 2.05) is 0 Å². The first-order chi connectivity index (χ1) is 10.1. The van der Waals surface area contributed by atoms with E-state index in [9.17, 15) is 8.42 Å². The van der Waals surface area contributed by atoms with Crippen LogP contribution >= 0.6 is 0 Å². The van der Waals surface area contributed by atoms with Crippen molar-refractivity contribution in [2.45, 2.75) is 24.2 Å². The first-order valence-corrected chi connectivity index (χ1v) is 8.36. The molecule has 6 heteroatoms. The summed E-state index contributed by atoms with van der Waals surface area (Å²) in [6.07, 6.45) is 2.67. The molecule has 0 amide bonds. The fraction of sp³-hybridized carbons (Fsp3) is 0.467. The predicted molar refractivity (Wildman–Crippen MR) is 83.3 cm³/mol. The van der Waals surface area contributed by atoms with Crippen molar-refractivity contribution < 1.29 is 13.2 Å². The van der Waals surface area contributed by atoms with Crippen LogP contribution in [0.3, 0.4) is 0 Å². The lowest BCUT2D eigenvalue weighted by molar-refractivity contribution is 0.192. The van der Waals surface area contributed by atoms with Crippen molar-refractivity contribution in [2.24, 2.45) is 5.73 Å². The summed E-state index contributed by atoms with van der Waals surface area (Å²) >= 11 is 0. The molecule has 0 fully saturated rings. The van der Waals surface area contributed by atoms with Gasteiger partial charge in [0.25, 0.3) is 0 Å². The number of ether oxygens (including phenoxy) is 1. The van der Waals surface area contributed by atoms with E-state index < -0.39 is 10.0 Å². The molecule has 0 atom stereocenters. The van der Waals surface area contributed by atoms with Gasteiger partial charge < -0.3 is 10.5 Å². The molecule has 3 N–H and O–H groups in total. The number of methoxy groups -OCH3 is 1. The molecule has 1 aromatic rings. The van der Waals surface area contributed by atoms with Gasteiger partial charge in [-0.05, 0) is 43.5 Å².